The summed E-state index contributed by atoms with van der Waals surface area (Å²) in [5, 5.41) is 0.937. The molecule has 2 atom stereocenters. The number of unbranched alkanes of at least 4 members (excludes halogenated alkanes) is 2. The van der Waals surface area contributed by atoms with Crippen LogP contribution in [0.1, 0.15) is 81.7 Å². The minimum atomic E-state index is -0.575. The van der Waals surface area contributed by atoms with Gasteiger partial charge in [-0.2, -0.15) is 0 Å². The van der Waals surface area contributed by atoms with Crippen LogP contribution >= 0.6 is 22.7 Å². The van der Waals surface area contributed by atoms with E-state index in [9.17, 15) is 9.59 Å². The van der Waals surface area contributed by atoms with Crippen molar-refractivity contribution >= 4 is 44.8 Å². The first-order valence-corrected chi connectivity index (χ1v) is 16.7. The Hall–Kier alpha value is -3.14. The van der Waals surface area contributed by atoms with E-state index in [1.165, 1.54) is 5.56 Å². The summed E-state index contributed by atoms with van der Waals surface area (Å²) in [6.07, 6.45) is 7.73. The SMILES string of the molecule is COCCCCCC(=O)Cc1sc2c(c1-c1nc3ccc(-c4ccncc4)cc3s1)CC(C)N(C(=O)OC(C)(C)C)C2C. The Kier molecular flexibility index (Phi) is 9.63. The number of carbonyl (C=O) groups excluding carboxylic acids is 2. The summed E-state index contributed by atoms with van der Waals surface area (Å²) in [6.45, 7) is 10.6. The van der Waals surface area contributed by atoms with Crippen molar-refractivity contribution in [2.45, 2.75) is 90.8 Å². The van der Waals surface area contributed by atoms with Crippen molar-refractivity contribution in [2.24, 2.45) is 0 Å². The molecule has 4 heterocycles. The maximum atomic E-state index is 13.3. The first-order valence-electron chi connectivity index (χ1n) is 15.0. The number of ether oxygens (including phenoxy) is 2. The molecule has 1 aromatic carbocycles. The number of Topliss-reactive ketones (excluding diaryl/α,β-unsaturated/α-hetero) is 1. The number of nitrogens with zero attached hydrogens (tertiary/aromatic N) is 3. The molecule has 0 saturated carbocycles. The van der Waals surface area contributed by atoms with E-state index in [1.807, 2.05) is 37.8 Å². The average Bonchev–Trinajstić information content (AvgIpc) is 3.52. The van der Waals surface area contributed by atoms with E-state index in [0.29, 0.717) is 19.3 Å². The van der Waals surface area contributed by atoms with Crippen LogP contribution < -0.4 is 0 Å². The number of carbonyl (C=O) groups is 2. The van der Waals surface area contributed by atoms with Gasteiger partial charge in [-0.3, -0.25) is 14.7 Å². The summed E-state index contributed by atoms with van der Waals surface area (Å²) in [4.78, 5) is 39.8. The van der Waals surface area contributed by atoms with Crippen molar-refractivity contribution in [3.05, 3.63) is 58.0 Å². The summed E-state index contributed by atoms with van der Waals surface area (Å²) in [5.74, 6) is 0.239. The van der Waals surface area contributed by atoms with Crippen LogP contribution in [-0.2, 0) is 27.1 Å². The van der Waals surface area contributed by atoms with E-state index >= 15 is 0 Å². The molecule has 4 aromatic rings. The smallest absolute Gasteiger partial charge is 0.411 e. The number of pyridine rings is 1. The highest BCUT2D eigenvalue weighted by Gasteiger charge is 2.39. The predicted octanol–water partition coefficient (Wildman–Crippen LogP) is 8.65. The van der Waals surface area contributed by atoms with Gasteiger partial charge < -0.3 is 9.47 Å². The van der Waals surface area contributed by atoms with E-state index in [-0.39, 0.29) is 24.0 Å². The lowest BCUT2D eigenvalue weighted by molar-refractivity contribution is -0.118. The average molecular weight is 620 g/mol. The fourth-order valence-corrected chi connectivity index (χ4v) is 8.36. The Labute approximate surface area is 262 Å². The molecule has 3 aromatic heterocycles. The number of thiazole rings is 1. The zero-order valence-corrected chi connectivity index (χ0v) is 27.6. The summed E-state index contributed by atoms with van der Waals surface area (Å²) < 4.78 is 12.1. The van der Waals surface area contributed by atoms with Gasteiger partial charge in [-0.15, -0.1) is 22.7 Å². The molecule has 0 N–H and O–H groups in total. The molecule has 43 heavy (non-hydrogen) atoms. The van der Waals surface area contributed by atoms with Gasteiger partial charge in [-0.1, -0.05) is 12.5 Å². The number of hydrogen-bond acceptors (Lipinski definition) is 8. The quantitative estimate of drug-likeness (QED) is 0.165. The van der Waals surface area contributed by atoms with E-state index in [1.54, 1.807) is 42.2 Å². The second kappa shape index (κ2) is 13.2. The van der Waals surface area contributed by atoms with Gasteiger partial charge in [0.25, 0.3) is 0 Å². The van der Waals surface area contributed by atoms with Crippen LogP contribution in [0.15, 0.2) is 42.7 Å². The Bertz CT molecular complexity index is 1590. The third-order valence-electron chi connectivity index (χ3n) is 7.76. The number of methoxy groups -OCH3 is 1. The molecule has 0 bridgehead atoms. The molecule has 7 nitrogen and oxygen atoms in total. The number of fused-ring (bicyclic) bond motifs is 2. The predicted molar refractivity (Wildman–Crippen MR) is 175 cm³/mol. The second-order valence-corrected chi connectivity index (χ2v) is 14.5. The molecule has 1 aliphatic heterocycles. The first-order chi connectivity index (χ1) is 20.6. The third kappa shape index (κ3) is 7.16. The van der Waals surface area contributed by atoms with Gasteiger partial charge in [0.15, 0.2) is 0 Å². The Morgan fingerprint density at radius 2 is 1.79 bits per heavy atom. The molecule has 9 heteroatoms. The van der Waals surface area contributed by atoms with Crippen molar-refractivity contribution in [1.29, 1.82) is 0 Å². The third-order valence-corrected chi connectivity index (χ3v) is 10.2. The highest BCUT2D eigenvalue weighted by Crippen LogP contribution is 2.48. The monoisotopic (exact) mass is 619 g/mol. The van der Waals surface area contributed by atoms with Crippen LogP contribution in [0.5, 0.6) is 0 Å². The van der Waals surface area contributed by atoms with Crippen LogP contribution in [0.4, 0.5) is 4.79 Å². The highest BCUT2D eigenvalue weighted by atomic mass is 32.1. The molecule has 228 valence electrons. The number of amides is 1. The lowest BCUT2D eigenvalue weighted by atomic mass is 9.92. The molecule has 2 unspecified atom stereocenters. The number of benzene rings is 1. The fraction of sp³-hybridized carbons (Fsp3) is 0.471. The van der Waals surface area contributed by atoms with E-state index in [0.717, 1.165) is 67.5 Å². The van der Waals surface area contributed by atoms with Crippen LogP contribution in [0, 0.1) is 0 Å². The van der Waals surface area contributed by atoms with Gasteiger partial charge in [0.05, 0.1) is 16.3 Å². The van der Waals surface area contributed by atoms with Gasteiger partial charge in [-0.05, 0) is 94.8 Å². The van der Waals surface area contributed by atoms with E-state index in [4.69, 9.17) is 14.5 Å². The van der Waals surface area contributed by atoms with Gasteiger partial charge >= 0.3 is 6.09 Å². The van der Waals surface area contributed by atoms with Crippen molar-refractivity contribution < 1.29 is 19.1 Å². The minimum absolute atomic E-state index is 0.0530. The number of rotatable bonds is 10. The van der Waals surface area contributed by atoms with Crippen LogP contribution in [0.3, 0.4) is 0 Å². The lowest BCUT2D eigenvalue weighted by Crippen LogP contribution is -2.46. The maximum Gasteiger partial charge on any atom is 0.411 e. The largest absolute Gasteiger partial charge is 0.444 e. The molecule has 0 spiro atoms. The van der Waals surface area contributed by atoms with E-state index in [2.05, 4.69) is 37.0 Å². The van der Waals surface area contributed by atoms with Gasteiger partial charge in [0.2, 0.25) is 0 Å². The number of thiophene rings is 1. The first kappa shape index (κ1) is 31.3. The Morgan fingerprint density at radius 3 is 2.51 bits per heavy atom. The zero-order valence-electron chi connectivity index (χ0n) is 25.9. The lowest BCUT2D eigenvalue weighted by Gasteiger charge is -2.39. The molecule has 1 amide bonds. The van der Waals surface area contributed by atoms with Crippen LogP contribution in [0.25, 0.3) is 31.9 Å². The summed E-state index contributed by atoms with van der Waals surface area (Å²) in [7, 11) is 1.71. The minimum Gasteiger partial charge on any atom is -0.444 e. The summed E-state index contributed by atoms with van der Waals surface area (Å²) in [6, 6.07) is 10.2. The Morgan fingerprint density at radius 1 is 1.02 bits per heavy atom. The number of aromatic nitrogens is 2. The Balaban J connectivity index is 1.51. The molecular weight excluding hydrogens is 579 g/mol. The van der Waals surface area contributed by atoms with Crippen LogP contribution in [0.2, 0.25) is 0 Å². The molecule has 0 fully saturated rings. The topological polar surface area (TPSA) is 81.6 Å². The van der Waals surface area contributed by atoms with Gasteiger partial charge in [0.1, 0.15) is 16.4 Å². The fourth-order valence-electron chi connectivity index (χ4n) is 5.77. The van der Waals surface area contributed by atoms with Gasteiger partial charge in [-0.25, -0.2) is 9.78 Å². The summed E-state index contributed by atoms with van der Waals surface area (Å²) >= 11 is 3.33. The van der Waals surface area contributed by atoms with Crippen molar-refractivity contribution in [3.63, 3.8) is 0 Å². The molecule has 0 radical (unpaired) electrons. The van der Waals surface area contributed by atoms with Crippen molar-refractivity contribution in [1.82, 2.24) is 14.9 Å². The second-order valence-electron chi connectivity index (χ2n) is 12.3. The standard InChI is InChI=1S/C34H41N3O4S2/c1-21-18-26-30(32-36-27-12-11-24(19-28(27)43-32)23-13-15-35-16-14-23)29(20-25(38)10-8-7-9-17-40-6)42-31(26)22(2)37(21)33(39)41-34(3,4)5/h11-16,19,21-22H,7-10,17-18,20H2,1-6H3. The maximum absolute atomic E-state index is 13.3. The summed E-state index contributed by atoms with van der Waals surface area (Å²) in [5.41, 5.74) is 4.90. The van der Waals surface area contributed by atoms with Crippen molar-refractivity contribution in [2.75, 3.05) is 13.7 Å². The van der Waals surface area contributed by atoms with Crippen LogP contribution in [-0.4, -0.2) is 52.1 Å². The number of ketones is 1. The zero-order chi connectivity index (χ0) is 30.7. The van der Waals surface area contributed by atoms with E-state index < -0.39 is 5.60 Å². The molecule has 5 rings (SSSR count). The normalized spacial score (nSPS) is 16.8. The molecule has 0 saturated heterocycles. The highest BCUT2D eigenvalue weighted by molar-refractivity contribution is 7.22. The number of hydrogen-bond donors (Lipinski definition) is 0. The molecular formula is C34H41N3O4S2. The van der Waals surface area contributed by atoms with Gasteiger partial charge in [0, 0.05) is 60.3 Å². The molecule has 1 aliphatic rings. The molecule has 0 aliphatic carbocycles. The van der Waals surface area contributed by atoms with Crippen molar-refractivity contribution in [3.8, 4) is 21.7 Å².